The molecule has 0 aromatic heterocycles. The summed E-state index contributed by atoms with van der Waals surface area (Å²) in [5, 5.41) is 23.5. The molecule has 5 aliphatic rings. The van der Waals surface area contributed by atoms with E-state index in [0.717, 1.165) is 63.2 Å². The Balaban J connectivity index is 1.34. The molecule has 5 fully saturated rings. The smallest absolute Gasteiger partial charge is 0.133 e. The Bertz CT molecular complexity index is 745. The summed E-state index contributed by atoms with van der Waals surface area (Å²) in [6.45, 7) is 11.6. The Labute approximate surface area is 196 Å². The molecule has 2 N–H and O–H groups in total. The number of rotatable bonds is 5. The number of hydrogen-bond acceptors (Lipinski definition) is 3. The van der Waals surface area contributed by atoms with Gasteiger partial charge in [-0.25, -0.2) is 0 Å². The van der Waals surface area contributed by atoms with Crippen LogP contribution < -0.4 is 0 Å². The second-order valence-electron chi connectivity index (χ2n) is 13.9. The molecule has 12 unspecified atom stereocenters. The molecule has 0 aromatic carbocycles. The topological polar surface area (TPSA) is 57.5 Å². The van der Waals surface area contributed by atoms with E-state index in [1.807, 2.05) is 0 Å². The highest BCUT2D eigenvalue weighted by atomic mass is 16.3. The third-order valence-corrected chi connectivity index (χ3v) is 12.3. The van der Waals surface area contributed by atoms with Gasteiger partial charge in [0.05, 0.1) is 11.7 Å². The summed E-state index contributed by atoms with van der Waals surface area (Å²) in [4.78, 5) is 12.2. The number of Topliss-reactive ketones (excluding diaryl/α,β-unsaturated/α-hetero) is 1. The van der Waals surface area contributed by atoms with Gasteiger partial charge < -0.3 is 10.2 Å². The first-order valence-corrected chi connectivity index (χ1v) is 13.9. The quantitative estimate of drug-likeness (QED) is 0.546. The van der Waals surface area contributed by atoms with Crippen molar-refractivity contribution in [2.24, 2.45) is 58.2 Å². The molecule has 3 heteroatoms. The molecule has 0 amide bonds. The van der Waals surface area contributed by atoms with Crippen molar-refractivity contribution in [2.75, 3.05) is 0 Å². The Morgan fingerprint density at radius 3 is 2.53 bits per heavy atom. The predicted molar refractivity (Wildman–Crippen MR) is 128 cm³/mol. The molecule has 0 aromatic rings. The summed E-state index contributed by atoms with van der Waals surface area (Å²) in [6, 6.07) is 0. The average Bonchev–Trinajstić information content (AvgIpc) is 3.34. The lowest BCUT2D eigenvalue weighted by Crippen LogP contribution is -2.60. The Morgan fingerprint density at radius 2 is 1.84 bits per heavy atom. The van der Waals surface area contributed by atoms with E-state index >= 15 is 0 Å². The minimum atomic E-state index is -0.692. The lowest BCUT2D eigenvalue weighted by atomic mass is 9.43. The van der Waals surface area contributed by atoms with Gasteiger partial charge in [0.2, 0.25) is 0 Å². The Morgan fingerprint density at radius 1 is 1.12 bits per heavy atom. The number of fused-ring (bicyclic) bond motifs is 5. The van der Waals surface area contributed by atoms with Crippen LogP contribution in [0.3, 0.4) is 0 Å². The first kappa shape index (κ1) is 23.3. The maximum absolute atomic E-state index is 12.2. The van der Waals surface area contributed by atoms with Gasteiger partial charge in [-0.1, -0.05) is 27.7 Å². The first-order chi connectivity index (χ1) is 15.0. The predicted octanol–water partition coefficient (Wildman–Crippen LogP) is 6.01. The largest absolute Gasteiger partial charge is 0.393 e. The molecule has 32 heavy (non-hydrogen) atoms. The molecule has 182 valence electrons. The van der Waals surface area contributed by atoms with Crippen LogP contribution >= 0.6 is 0 Å². The van der Waals surface area contributed by atoms with Gasteiger partial charge in [-0.05, 0) is 117 Å². The highest BCUT2D eigenvalue weighted by molar-refractivity contribution is 5.79. The van der Waals surface area contributed by atoms with Crippen molar-refractivity contribution < 1.29 is 15.0 Å². The van der Waals surface area contributed by atoms with E-state index in [1.54, 1.807) is 0 Å². The van der Waals surface area contributed by atoms with Gasteiger partial charge in [-0.3, -0.25) is 4.79 Å². The van der Waals surface area contributed by atoms with Crippen molar-refractivity contribution in [3.63, 3.8) is 0 Å². The molecule has 0 spiro atoms. The molecule has 0 saturated heterocycles. The van der Waals surface area contributed by atoms with Crippen LogP contribution in [-0.4, -0.2) is 27.7 Å². The van der Waals surface area contributed by atoms with E-state index in [2.05, 4.69) is 34.6 Å². The fourth-order valence-electron chi connectivity index (χ4n) is 10.1. The minimum absolute atomic E-state index is 0.172. The molecule has 5 rings (SSSR count). The van der Waals surface area contributed by atoms with E-state index < -0.39 is 5.60 Å². The molecule has 0 bridgehead atoms. The lowest BCUT2D eigenvalue weighted by molar-refractivity contribution is -0.187. The van der Waals surface area contributed by atoms with E-state index in [9.17, 15) is 15.0 Å². The highest BCUT2D eigenvalue weighted by Gasteiger charge is 2.65. The summed E-state index contributed by atoms with van der Waals surface area (Å²) in [7, 11) is 0. The van der Waals surface area contributed by atoms with Gasteiger partial charge in [0, 0.05) is 18.3 Å². The maximum atomic E-state index is 12.2. The van der Waals surface area contributed by atoms with Crippen molar-refractivity contribution in [2.45, 2.75) is 117 Å². The zero-order valence-corrected chi connectivity index (χ0v) is 21.3. The van der Waals surface area contributed by atoms with Crippen molar-refractivity contribution in [3.05, 3.63) is 0 Å². The maximum Gasteiger partial charge on any atom is 0.133 e. The monoisotopic (exact) mass is 444 g/mol. The third-order valence-electron chi connectivity index (χ3n) is 12.3. The van der Waals surface area contributed by atoms with E-state index in [0.29, 0.717) is 35.4 Å². The van der Waals surface area contributed by atoms with Gasteiger partial charge in [-0.15, -0.1) is 0 Å². The Hall–Kier alpha value is -0.410. The molecular weight excluding hydrogens is 396 g/mol. The molecule has 5 saturated carbocycles. The van der Waals surface area contributed by atoms with E-state index in [-0.39, 0.29) is 22.9 Å². The van der Waals surface area contributed by atoms with Crippen molar-refractivity contribution in [1.29, 1.82) is 0 Å². The zero-order chi connectivity index (χ0) is 23.1. The number of carbonyl (C=O) groups is 1. The molecule has 5 aliphatic carbocycles. The third kappa shape index (κ3) is 3.46. The number of aliphatic hydroxyl groups excluding tert-OH is 1. The van der Waals surface area contributed by atoms with E-state index in [4.69, 9.17) is 0 Å². The van der Waals surface area contributed by atoms with E-state index in [1.165, 1.54) is 19.3 Å². The van der Waals surface area contributed by atoms with Crippen molar-refractivity contribution in [1.82, 2.24) is 0 Å². The molecule has 3 nitrogen and oxygen atoms in total. The summed E-state index contributed by atoms with van der Waals surface area (Å²) >= 11 is 0. The van der Waals surface area contributed by atoms with Gasteiger partial charge in [0.1, 0.15) is 5.78 Å². The molecular formula is C29H48O3. The minimum Gasteiger partial charge on any atom is -0.393 e. The standard InChI is InChI=1S/C29H48O3/c1-17(22-14-18(22)2)10-13-28(4,32)25-9-8-23-21-7-6-19-15-20(30)11-12-27(19,3)24(21)16-26(31)29(23,25)5/h17-19,21-26,31-32H,6-16H2,1-5H3. The highest BCUT2D eigenvalue weighted by Crippen LogP contribution is 2.68. The molecule has 0 heterocycles. The van der Waals surface area contributed by atoms with Crippen molar-refractivity contribution >= 4 is 5.78 Å². The van der Waals surface area contributed by atoms with Crippen LogP contribution in [0.1, 0.15) is 105 Å². The molecule has 0 aliphatic heterocycles. The SMILES string of the molecule is CC(CCC(C)(O)C1CCC2C3CCC4CC(=O)CCC4(C)C3CC(O)C21C)C1CC1C. The van der Waals surface area contributed by atoms with Crippen LogP contribution in [0.4, 0.5) is 0 Å². The number of hydrogen-bond donors (Lipinski definition) is 2. The number of carbonyl (C=O) groups excluding carboxylic acids is 1. The summed E-state index contributed by atoms with van der Waals surface area (Å²) in [5.41, 5.74) is -0.646. The molecule has 0 radical (unpaired) electrons. The van der Waals surface area contributed by atoms with Gasteiger partial charge >= 0.3 is 0 Å². The average molecular weight is 445 g/mol. The second-order valence-corrected chi connectivity index (χ2v) is 13.9. The van der Waals surface area contributed by atoms with Crippen molar-refractivity contribution in [3.8, 4) is 0 Å². The van der Waals surface area contributed by atoms with Crippen LogP contribution in [-0.2, 0) is 4.79 Å². The number of ketones is 1. The van der Waals surface area contributed by atoms with Crippen LogP contribution in [0, 0.1) is 58.2 Å². The zero-order valence-electron chi connectivity index (χ0n) is 21.3. The van der Waals surface area contributed by atoms with Gasteiger partial charge in [0.15, 0.2) is 0 Å². The van der Waals surface area contributed by atoms with Gasteiger partial charge in [0.25, 0.3) is 0 Å². The summed E-state index contributed by atoms with van der Waals surface area (Å²) in [5.74, 6) is 5.32. The summed E-state index contributed by atoms with van der Waals surface area (Å²) < 4.78 is 0. The fourth-order valence-corrected chi connectivity index (χ4v) is 10.1. The lowest BCUT2D eigenvalue weighted by Gasteiger charge is -2.62. The first-order valence-electron chi connectivity index (χ1n) is 13.9. The number of aliphatic hydroxyl groups is 2. The second kappa shape index (κ2) is 7.80. The normalized spacial score (nSPS) is 53.0. The fraction of sp³-hybridized carbons (Fsp3) is 0.966. The van der Waals surface area contributed by atoms with Crippen LogP contribution in [0.15, 0.2) is 0 Å². The van der Waals surface area contributed by atoms with Gasteiger partial charge in [-0.2, -0.15) is 0 Å². The van der Waals surface area contributed by atoms with Crippen LogP contribution in [0.2, 0.25) is 0 Å². The van der Waals surface area contributed by atoms with Crippen LogP contribution in [0.5, 0.6) is 0 Å². The Kier molecular flexibility index (Phi) is 5.69. The summed E-state index contributed by atoms with van der Waals surface area (Å²) in [6.07, 6.45) is 11.0. The van der Waals surface area contributed by atoms with Crippen LogP contribution in [0.25, 0.3) is 0 Å². The molecule has 12 atom stereocenters.